The van der Waals surface area contributed by atoms with Gasteiger partial charge in [-0.25, -0.2) is 39.4 Å². The summed E-state index contributed by atoms with van der Waals surface area (Å²) in [5, 5.41) is 6.39. The quantitative estimate of drug-likeness (QED) is 0.0849. The van der Waals surface area contributed by atoms with Crippen molar-refractivity contribution in [1.29, 1.82) is 0 Å². The third-order valence-corrected chi connectivity index (χ3v) is 13.1. The topological polar surface area (TPSA) is 89.8 Å². The van der Waals surface area contributed by atoms with E-state index in [1.165, 1.54) is 4.42 Å². The highest BCUT2D eigenvalue weighted by Crippen LogP contribution is 2.51. The van der Waals surface area contributed by atoms with E-state index in [0.717, 1.165) is 71.1 Å². The normalized spacial score (nSPS) is 18.4. The molecule has 8 nitrogen and oxygen atoms in total. The molecular formula is C48H22Cl4N8. The molecule has 0 fully saturated rings. The average Bonchev–Trinajstić information content (AvgIpc) is 3.99. The van der Waals surface area contributed by atoms with E-state index in [2.05, 4.69) is 54.6 Å². The van der Waals surface area contributed by atoms with E-state index in [1.807, 2.05) is 78.9 Å². The van der Waals surface area contributed by atoms with Crippen LogP contribution in [0.3, 0.4) is 0 Å². The number of amidine groups is 7. The number of halogens is 4. The number of nitrogens with zero attached hydrogens (tertiary/aromatic N) is 8. The summed E-state index contributed by atoms with van der Waals surface area (Å²) in [5.41, 5.74) is 5.41. The minimum absolute atomic E-state index is 0.214. The second-order valence-electron chi connectivity index (χ2n) is 15.1. The Balaban J connectivity index is 1.16. The van der Waals surface area contributed by atoms with Gasteiger partial charge in [-0.05, 0) is 68.7 Å². The van der Waals surface area contributed by atoms with E-state index in [0.29, 0.717) is 61.6 Å². The van der Waals surface area contributed by atoms with Crippen LogP contribution < -0.4 is 0 Å². The number of aliphatic imine (C=N–C) groups is 7. The second-order valence-corrected chi connectivity index (χ2v) is 16.7. The van der Waals surface area contributed by atoms with Crippen LogP contribution in [0.15, 0.2) is 168 Å². The predicted octanol–water partition coefficient (Wildman–Crippen LogP) is 11.8. The number of benzene rings is 8. The molecule has 0 N–H and O–H groups in total. The first-order valence-corrected chi connectivity index (χ1v) is 20.6. The van der Waals surface area contributed by atoms with Crippen LogP contribution in [0.4, 0.5) is 0 Å². The third-order valence-electron chi connectivity index (χ3n) is 11.7. The van der Waals surface area contributed by atoms with Crippen LogP contribution >= 0.6 is 46.6 Å². The summed E-state index contributed by atoms with van der Waals surface area (Å²) in [6.07, 6.45) is 0. The van der Waals surface area contributed by atoms with Gasteiger partial charge in [-0.1, -0.05) is 132 Å². The molecule has 0 radical (unpaired) electrons. The van der Waals surface area contributed by atoms with Crippen LogP contribution in [-0.4, -0.2) is 45.3 Å². The van der Waals surface area contributed by atoms with Crippen LogP contribution in [0.5, 0.6) is 0 Å². The van der Waals surface area contributed by atoms with Crippen molar-refractivity contribution in [2.24, 2.45) is 34.9 Å². The maximum absolute atomic E-state index is 7.72. The van der Waals surface area contributed by atoms with Gasteiger partial charge in [-0.15, -0.1) is 0 Å². The highest BCUT2D eigenvalue weighted by atomic mass is 35.5. The zero-order chi connectivity index (χ0) is 40.0. The number of rotatable bonds is 0. The maximum atomic E-state index is 7.72. The SMILES string of the molecule is Clc1c2c(c(Cl)c3ccccc13)C1(Cl)N=C3N=C(N=C4N=C(c5cc6ccccc6cc54)N(Cl)C4=NC(=NC2=N1)c1cc2ccccc2cc14)c1cc2ccccc2cc13. The van der Waals surface area contributed by atoms with Crippen LogP contribution in [0.1, 0.15) is 44.5 Å². The molecule has 0 spiro atoms. The zero-order valence-electron chi connectivity index (χ0n) is 30.8. The first-order chi connectivity index (χ1) is 29.3. The molecule has 282 valence electrons. The summed E-state index contributed by atoms with van der Waals surface area (Å²) in [7, 11) is 0. The molecule has 5 heterocycles. The van der Waals surface area contributed by atoms with E-state index in [-0.39, 0.29) is 5.84 Å². The van der Waals surface area contributed by atoms with Gasteiger partial charge in [0.15, 0.2) is 40.8 Å². The van der Waals surface area contributed by atoms with Gasteiger partial charge in [0.05, 0.1) is 10.0 Å². The summed E-state index contributed by atoms with van der Waals surface area (Å²) in [4.78, 5) is 36.1. The summed E-state index contributed by atoms with van der Waals surface area (Å²) in [6, 6.07) is 44.4. The Morgan fingerprint density at radius 2 is 0.750 bits per heavy atom. The lowest BCUT2D eigenvalue weighted by Gasteiger charge is -2.19. The molecule has 13 rings (SSSR count). The van der Waals surface area contributed by atoms with E-state index < -0.39 is 5.12 Å². The Morgan fingerprint density at radius 1 is 0.400 bits per heavy atom. The number of fused-ring (bicyclic) bond motifs is 20. The highest BCUT2D eigenvalue weighted by molar-refractivity contribution is 6.47. The number of alkyl halides is 1. The smallest absolute Gasteiger partial charge is 0.217 e. The van der Waals surface area contributed by atoms with E-state index in [1.54, 1.807) is 0 Å². The van der Waals surface area contributed by atoms with Crippen LogP contribution in [0.25, 0.3) is 43.1 Å². The molecule has 1 unspecified atom stereocenters. The van der Waals surface area contributed by atoms with Gasteiger partial charge < -0.3 is 0 Å². The van der Waals surface area contributed by atoms with Crippen molar-refractivity contribution in [2.45, 2.75) is 5.12 Å². The van der Waals surface area contributed by atoms with Crippen LogP contribution in [-0.2, 0) is 5.12 Å². The van der Waals surface area contributed by atoms with Crippen molar-refractivity contribution in [1.82, 2.24) is 4.42 Å². The fourth-order valence-electron chi connectivity index (χ4n) is 8.85. The summed E-state index contributed by atoms with van der Waals surface area (Å²) >= 11 is 30.0. The number of hydrogen-bond acceptors (Lipinski definition) is 8. The highest BCUT2D eigenvalue weighted by Gasteiger charge is 2.45. The van der Waals surface area contributed by atoms with Gasteiger partial charge in [0.2, 0.25) is 0 Å². The Hall–Kier alpha value is -6.55. The van der Waals surface area contributed by atoms with Crippen molar-refractivity contribution in [3.05, 3.63) is 188 Å². The lowest BCUT2D eigenvalue weighted by Crippen LogP contribution is -2.28. The molecule has 5 aliphatic rings. The van der Waals surface area contributed by atoms with Gasteiger partial charge in [0, 0.05) is 67.1 Å². The third kappa shape index (κ3) is 4.78. The first kappa shape index (κ1) is 34.3. The number of hydrogen-bond donors (Lipinski definition) is 0. The summed E-state index contributed by atoms with van der Waals surface area (Å²) in [5.74, 6) is 2.61. The Morgan fingerprint density at radius 3 is 1.25 bits per heavy atom. The molecule has 0 aliphatic carbocycles. The lowest BCUT2D eigenvalue weighted by atomic mass is 9.98. The van der Waals surface area contributed by atoms with Crippen molar-refractivity contribution < 1.29 is 0 Å². The van der Waals surface area contributed by atoms with Crippen molar-refractivity contribution in [3.63, 3.8) is 0 Å². The second kappa shape index (κ2) is 12.3. The summed E-state index contributed by atoms with van der Waals surface area (Å²) < 4.78 is 1.50. The molecular weight excluding hydrogens is 830 g/mol. The fourth-order valence-corrected chi connectivity index (χ4v) is 10.2. The standard InChI is InChI=1S/C48H22Cl4N8/c49-39-29-15-7-8-16-30(29)40(50)38-37(39)45-55-43-34-20-26-12-4-6-14-28(26)22-36(34)47(57-43)60(52)46-35-21-27-13-5-3-11-25(27)19-33(35)42(56-46)53-41-31-17-23-9-1-2-10-24(23)18-32(31)44(54-41)58-48(38,51)59-45/h1-22H. The monoisotopic (exact) mass is 850 g/mol. The molecule has 12 heteroatoms. The molecule has 8 bridgehead atoms. The molecule has 8 aromatic rings. The first-order valence-electron chi connectivity index (χ1n) is 19.1. The Bertz CT molecular complexity index is 3620. The average molecular weight is 853 g/mol. The molecule has 0 saturated heterocycles. The minimum atomic E-state index is -1.83. The Kier molecular flexibility index (Phi) is 7.01. The molecule has 0 amide bonds. The molecule has 60 heavy (non-hydrogen) atoms. The van der Waals surface area contributed by atoms with E-state index in [4.69, 9.17) is 81.5 Å². The van der Waals surface area contributed by atoms with Gasteiger partial charge in [0.25, 0.3) is 5.12 Å². The van der Waals surface area contributed by atoms with Crippen molar-refractivity contribution in [3.8, 4) is 0 Å². The van der Waals surface area contributed by atoms with Crippen molar-refractivity contribution in [2.75, 3.05) is 0 Å². The predicted molar refractivity (Wildman–Crippen MR) is 247 cm³/mol. The van der Waals surface area contributed by atoms with E-state index in [9.17, 15) is 0 Å². The molecule has 8 aromatic carbocycles. The fraction of sp³-hybridized carbons (Fsp3) is 0.0208. The van der Waals surface area contributed by atoms with Crippen molar-refractivity contribution >= 4 is 131 Å². The molecule has 0 aromatic heterocycles. The largest absolute Gasteiger partial charge is 0.258 e. The van der Waals surface area contributed by atoms with E-state index >= 15 is 0 Å². The van der Waals surface area contributed by atoms with Gasteiger partial charge in [-0.3, -0.25) is 0 Å². The van der Waals surface area contributed by atoms with Gasteiger partial charge in [0.1, 0.15) is 0 Å². The zero-order valence-corrected chi connectivity index (χ0v) is 33.8. The van der Waals surface area contributed by atoms with Gasteiger partial charge >= 0.3 is 0 Å². The van der Waals surface area contributed by atoms with Crippen LogP contribution in [0, 0.1) is 0 Å². The minimum Gasteiger partial charge on any atom is -0.217 e. The Labute approximate surface area is 361 Å². The van der Waals surface area contributed by atoms with Gasteiger partial charge in [-0.2, -0.15) is 0 Å². The molecule has 1 atom stereocenters. The molecule has 5 aliphatic heterocycles. The lowest BCUT2D eigenvalue weighted by molar-refractivity contribution is 0.703. The molecule has 0 saturated carbocycles. The van der Waals surface area contributed by atoms with Crippen LogP contribution in [0.2, 0.25) is 10.0 Å². The summed E-state index contributed by atoms with van der Waals surface area (Å²) in [6.45, 7) is 0. The maximum Gasteiger partial charge on any atom is 0.258 e.